The largest absolute Gasteiger partial charge is 0.497 e. The van der Waals surface area contributed by atoms with Crippen LogP contribution in [0.15, 0.2) is 18.2 Å². The van der Waals surface area contributed by atoms with Gasteiger partial charge in [0, 0.05) is 18.2 Å². The molecule has 4 nitrogen and oxygen atoms in total. The second-order valence-electron chi connectivity index (χ2n) is 4.87. The molecule has 1 aromatic heterocycles. The molecule has 2 aromatic rings. The standard InChI is InChI=1S/C14H18FN3OS/c1-9(2)7-16-8-13-17-18-14(20-13)11-5-4-10(19-3)6-12(11)15/h4-6,9,16H,7-8H2,1-3H3. The number of benzene rings is 1. The number of rotatable bonds is 6. The van der Waals surface area contributed by atoms with Crippen molar-refractivity contribution in [1.82, 2.24) is 15.5 Å². The highest BCUT2D eigenvalue weighted by Crippen LogP contribution is 2.28. The normalized spacial score (nSPS) is 11.1. The van der Waals surface area contributed by atoms with Gasteiger partial charge >= 0.3 is 0 Å². The fraction of sp³-hybridized carbons (Fsp3) is 0.429. The fourth-order valence-electron chi connectivity index (χ4n) is 1.70. The van der Waals surface area contributed by atoms with Gasteiger partial charge in [-0.1, -0.05) is 25.2 Å². The topological polar surface area (TPSA) is 47.0 Å². The Bertz CT molecular complexity index is 571. The molecule has 6 heteroatoms. The quantitative estimate of drug-likeness (QED) is 0.889. The summed E-state index contributed by atoms with van der Waals surface area (Å²) in [4.78, 5) is 0. The molecule has 2 rings (SSSR count). The van der Waals surface area contributed by atoms with E-state index in [9.17, 15) is 4.39 Å². The average molecular weight is 295 g/mol. The van der Waals surface area contributed by atoms with Crippen LogP contribution in [0.25, 0.3) is 10.6 Å². The predicted octanol–water partition coefficient (Wildman–Crippen LogP) is 3.10. The number of ether oxygens (including phenoxy) is 1. The summed E-state index contributed by atoms with van der Waals surface area (Å²) in [6.45, 7) is 5.87. The molecular formula is C14H18FN3OS. The van der Waals surface area contributed by atoms with Gasteiger partial charge in [0.2, 0.25) is 0 Å². The van der Waals surface area contributed by atoms with Crippen LogP contribution < -0.4 is 10.1 Å². The second-order valence-corrected chi connectivity index (χ2v) is 5.93. The lowest BCUT2D eigenvalue weighted by Crippen LogP contribution is -2.18. The van der Waals surface area contributed by atoms with Crippen LogP contribution >= 0.6 is 11.3 Å². The van der Waals surface area contributed by atoms with Crippen molar-refractivity contribution in [3.63, 3.8) is 0 Å². The lowest BCUT2D eigenvalue weighted by Gasteiger charge is -2.04. The van der Waals surface area contributed by atoms with Gasteiger partial charge in [-0.05, 0) is 24.6 Å². The molecule has 0 spiro atoms. The monoisotopic (exact) mass is 295 g/mol. The van der Waals surface area contributed by atoms with Gasteiger partial charge in [-0.2, -0.15) is 0 Å². The molecule has 0 unspecified atom stereocenters. The number of hydrogen-bond donors (Lipinski definition) is 1. The highest BCUT2D eigenvalue weighted by atomic mass is 32.1. The molecule has 0 atom stereocenters. The summed E-state index contributed by atoms with van der Waals surface area (Å²) in [6, 6.07) is 4.74. The molecular weight excluding hydrogens is 277 g/mol. The Kier molecular flexibility index (Phi) is 5.03. The molecule has 0 aliphatic carbocycles. The predicted molar refractivity (Wildman–Crippen MR) is 78.4 cm³/mol. The van der Waals surface area contributed by atoms with Crippen molar-refractivity contribution in [2.24, 2.45) is 5.92 Å². The van der Waals surface area contributed by atoms with Crippen LogP contribution in [0.2, 0.25) is 0 Å². The molecule has 0 fully saturated rings. The summed E-state index contributed by atoms with van der Waals surface area (Å²) in [7, 11) is 1.51. The van der Waals surface area contributed by atoms with E-state index in [1.807, 2.05) is 0 Å². The van der Waals surface area contributed by atoms with E-state index in [4.69, 9.17) is 4.74 Å². The summed E-state index contributed by atoms with van der Waals surface area (Å²) in [5.74, 6) is 0.734. The molecule has 0 saturated heterocycles. The van der Waals surface area contributed by atoms with Gasteiger partial charge in [-0.3, -0.25) is 0 Å². The molecule has 20 heavy (non-hydrogen) atoms. The number of aromatic nitrogens is 2. The first kappa shape index (κ1) is 14.9. The van der Waals surface area contributed by atoms with Gasteiger partial charge in [0.15, 0.2) is 5.01 Å². The summed E-state index contributed by atoms with van der Waals surface area (Å²) >= 11 is 1.40. The third kappa shape index (κ3) is 3.74. The minimum absolute atomic E-state index is 0.345. The van der Waals surface area contributed by atoms with Crippen molar-refractivity contribution in [2.75, 3.05) is 13.7 Å². The number of nitrogens with one attached hydrogen (secondary N) is 1. The maximum Gasteiger partial charge on any atom is 0.150 e. The number of halogens is 1. The molecule has 0 bridgehead atoms. The first-order valence-electron chi connectivity index (χ1n) is 6.47. The van der Waals surface area contributed by atoms with Gasteiger partial charge in [-0.25, -0.2) is 4.39 Å². The Morgan fingerprint density at radius 1 is 1.35 bits per heavy atom. The van der Waals surface area contributed by atoms with Crippen molar-refractivity contribution in [1.29, 1.82) is 0 Å². The van der Waals surface area contributed by atoms with Crippen molar-refractivity contribution in [3.05, 3.63) is 29.0 Å². The van der Waals surface area contributed by atoms with E-state index in [0.29, 0.717) is 28.8 Å². The maximum absolute atomic E-state index is 13.9. The molecule has 0 saturated carbocycles. The van der Waals surface area contributed by atoms with E-state index in [-0.39, 0.29) is 5.82 Å². The van der Waals surface area contributed by atoms with E-state index in [2.05, 4.69) is 29.4 Å². The van der Waals surface area contributed by atoms with E-state index >= 15 is 0 Å². The number of methoxy groups -OCH3 is 1. The zero-order valence-electron chi connectivity index (χ0n) is 11.8. The third-order valence-corrected chi connectivity index (χ3v) is 3.66. The van der Waals surface area contributed by atoms with Crippen LogP contribution in [0.1, 0.15) is 18.9 Å². The van der Waals surface area contributed by atoms with Crippen LogP contribution in [0.4, 0.5) is 4.39 Å². The van der Waals surface area contributed by atoms with Gasteiger partial charge in [0.05, 0.1) is 7.11 Å². The first-order valence-corrected chi connectivity index (χ1v) is 7.28. The lowest BCUT2D eigenvalue weighted by molar-refractivity contribution is 0.411. The average Bonchev–Trinajstić information content (AvgIpc) is 2.86. The van der Waals surface area contributed by atoms with Gasteiger partial charge in [0.25, 0.3) is 0 Å². The Morgan fingerprint density at radius 2 is 2.15 bits per heavy atom. The SMILES string of the molecule is COc1ccc(-c2nnc(CNCC(C)C)s2)c(F)c1. The molecule has 1 N–H and O–H groups in total. The zero-order valence-corrected chi connectivity index (χ0v) is 12.6. The summed E-state index contributed by atoms with van der Waals surface area (Å²) in [5, 5.41) is 12.9. The Hall–Kier alpha value is -1.53. The highest BCUT2D eigenvalue weighted by molar-refractivity contribution is 7.14. The van der Waals surface area contributed by atoms with E-state index in [0.717, 1.165) is 11.6 Å². The van der Waals surface area contributed by atoms with Crippen molar-refractivity contribution in [2.45, 2.75) is 20.4 Å². The Labute approximate surface area is 122 Å². The Balaban J connectivity index is 2.08. The molecule has 1 aromatic carbocycles. The third-order valence-electron chi connectivity index (χ3n) is 2.70. The van der Waals surface area contributed by atoms with Crippen molar-refractivity contribution in [3.8, 4) is 16.3 Å². The molecule has 1 heterocycles. The second kappa shape index (κ2) is 6.76. The van der Waals surface area contributed by atoms with Crippen LogP contribution in [0, 0.1) is 11.7 Å². The van der Waals surface area contributed by atoms with Crippen LogP contribution in [0.3, 0.4) is 0 Å². The number of hydrogen-bond acceptors (Lipinski definition) is 5. The molecule has 0 aliphatic heterocycles. The van der Waals surface area contributed by atoms with Gasteiger partial charge in [-0.15, -0.1) is 10.2 Å². The van der Waals surface area contributed by atoms with E-state index < -0.39 is 0 Å². The fourth-order valence-corrected chi connectivity index (χ4v) is 2.53. The van der Waals surface area contributed by atoms with E-state index in [1.54, 1.807) is 12.1 Å². The first-order chi connectivity index (χ1) is 9.60. The molecule has 0 amide bonds. The molecule has 108 valence electrons. The summed E-state index contributed by atoms with van der Waals surface area (Å²) in [5.41, 5.74) is 0.457. The van der Waals surface area contributed by atoms with Crippen LogP contribution in [-0.4, -0.2) is 23.9 Å². The smallest absolute Gasteiger partial charge is 0.150 e. The lowest BCUT2D eigenvalue weighted by atomic mass is 10.2. The maximum atomic E-state index is 13.9. The van der Waals surface area contributed by atoms with Crippen LogP contribution in [-0.2, 0) is 6.54 Å². The van der Waals surface area contributed by atoms with Crippen molar-refractivity contribution < 1.29 is 9.13 Å². The van der Waals surface area contributed by atoms with E-state index in [1.165, 1.54) is 24.5 Å². The minimum atomic E-state index is -0.345. The highest BCUT2D eigenvalue weighted by Gasteiger charge is 2.12. The molecule has 0 radical (unpaired) electrons. The number of nitrogens with zero attached hydrogens (tertiary/aromatic N) is 2. The van der Waals surface area contributed by atoms with Gasteiger partial charge < -0.3 is 10.1 Å². The summed E-state index contributed by atoms with van der Waals surface area (Å²) in [6.07, 6.45) is 0. The molecule has 0 aliphatic rings. The van der Waals surface area contributed by atoms with Crippen LogP contribution in [0.5, 0.6) is 5.75 Å². The summed E-state index contributed by atoms with van der Waals surface area (Å²) < 4.78 is 18.9. The zero-order chi connectivity index (χ0) is 14.5. The Morgan fingerprint density at radius 3 is 2.80 bits per heavy atom. The van der Waals surface area contributed by atoms with Gasteiger partial charge in [0.1, 0.15) is 16.6 Å². The van der Waals surface area contributed by atoms with Crippen molar-refractivity contribution >= 4 is 11.3 Å². The minimum Gasteiger partial charge on any atom is -0.497 e.